The van der Waals surface area contributed by atoms with Gasteiger partial charge in [-0.05, 0) is 74.4 Å². The molecular weight excluding hydrogens is 444 g/mol. The Morgan fingerprint density at radius 3 is 2.46 bits per heavy atom. The lowest BCUT2D eigenvalue weighted by atomic mass is 9.78. The van der Waals surface area contributed by atoms with Gasteiger partial charge in [0.2, 0.25) is 11.8 Å². The topological polar surface area (TPSA) is 97.8 Å². The second-order valence-corrected chi connectivity index (χ2v) is 9.64. The molecule has 0 spiro atoms. The third-order valence-electron chi connectivity index (χ3n) is 7.30. The number of anilines is 1. The van der Waals surface area contributed by atoms with Crippen LogP contribution in [0.2, 0.25) is 0 Å². The van der Waals surface area contributed by atoms with Crippen molar-refractivity contribution in [3.8, 4) is 17.0 Å². The Bertz CT molecular complexity index is 1050. The average Bonchev–Trinajstić information content (AvgIpc) is 3.38. The van der Waals surface area contributed by atoms with Gasteiger partial charge in [-0.15, -0.1) is 0 Å². The van der Waals surface area contributed by atoms with Gasteiger partial charge < -0.3 is 19.9 Å². The molecule has 1 aromatic carbocycles. The minimum Gasteiger partial charge on any atom is -0.481 e. The molecule has 1 unspecified atom stereocenters. The smallest absolute Gasteiger partial charge is 0.307 e. The van der Waals surface area contributed by atoms with Gasteiger partial charge in [-0.1, -0.05) is 31.7 Å². The number of carboxylic acid groups (broad SMARTS) is 1. The van der Waals surface area contributed by atoms with Gasteiger partial charge in [-0.3, -0.25) is 9.59 Å². The van der Waals surface area contributed by atoms with Crippen LogP contribution in [0.25, 0.3) is 11.1 Å². The average molecular weight is 481 g/mol. The maximum atomic E-state index is 13.1. The predicted molar refractivity (Wildman–Crippen MR) is 134 cm³/mol. The van der Waals surface area contributed by atoms with E-state index < -0.39 is 17.8 Å². The number of carboxylic acids is 1. The van der Waals surface area contributed by atoms with E-state index >= 15 is 0 Å². The normalized spacial score (nSPS) is 20.5. The highest BCUT2D eigenvalue weighted by molar-refractivity contribution is 5.95. The van der Waals surface area contributed by atoms with Crippen LogP contribution in [0.5, 0.6) is 5.88 Å². The largest absolute Gasteiger partial charge is 0.481 e. The van der Waals surface area contributed by atoms with E-state index in [0.29, 0.717) is 37.6 Å². The molecule has 2 aliphatic carbocycles. The lowest BCUT2D eigenvalue weighted by Crippen LogP contribution is -2.36. The van der Waals surface area contributed by atoms with Gasteiger partial charge in [0.1, 0.15) is 0 Å². The molecule has 2 N–H and O–H groups in total. The zero-order valence-electron chi connectivity index (χ0n) is 20.7. The summed E-state index contributed by atoms with van der Waals surface area (Å²) in [6.45, 7) is 4.92. The van der Waals surface area contributed by atoms with Crippen molar-refractivity contribution in [2.24, 2.45) is 11.8 Å². The number of hydrogen-bond acceptors (Lipinski definition) is 5. The van der Waals surface area contributed by atoms with Crippen LogP contribution in [0.4, 0.5) is 5.69 Å². The molecule has 35 heavy (non-hydrogen) atoms. The second-order valence-electron chi connectivity index (χ2n) is 9.64. The Morgan fingerprint density at radius 1 is 1.03 bits per heavy atom. The molecule has 2 fully saturated rings. The number of nitrogens with one attached hydrogen (secondary N) is 1. The summed E-state index contributed by atoms with van der Waals surface area (Å²) in [5.41, 5.74) is 4.63. The van der Waals surface area contributed by atoms with Gasteiger partial charge >= 0.3 is 5.97 Å². The van der Waals surface area contributed by atoms with E-state index in [-0.39, 0.29) is 12.0 Å². The molecule has 0 saturated heterocycles. The van der Waals surface area contributed by atoms with Crippen LogP contribution < -0.4 is 10.1 Å². The van der Waals surface area contributed by atoms with Crippen LogP contribution in [0.3, 0.4) is 0 Å². The number of carbonyl (C=O) groups is 2. The number of benzene rings is 1. The molecule has 0 radical (unpaired) electrons. The highest BCUT2D eigenvalue weighted by Gasteiger charge is 2.35. The standard InChI is InChI=1S/C28H36N2O5/c1-3-34-27-18(2)22(14-15-29-27)23-13-12-20(16-19(23)17-35-21-8-4-5-9-21)30-26(31)24-10-6-7-11-25(24)28(32)33/h12-16,21,24-25H,3-11,17H2,1-2H3,(H,30,31)(H,32,33)/t24?,25-/m0/s1. The van der Waals surface area contributed by atoms with Gasteiger partial charge in [0.15, 0.2) is 0 Å². The van der Waals surface area contributed by atoms with Crippen LogP contribution in [-0.4, -0.2) is 34.7 Å². The SMILES string of the molecule is CCOc1nccc(-c2ccc(NC(=O)C3CCCC[C@@H]3C(=O)O)cc2COC2CCCC2)c1C. The first kappa shape index (κ1) is 25.2. The number of rotatable bonds is 9. The molecule has 2 atom stereocenters. The Balaban J connectivity index is 1.61. The molecule has 0 bridgehead atoms. The zero-order valence-corrected chi connectivity index (χ0v) is 20.7. The van der Waals surface area contributed by atoms with Crippen LogP contribution in [0.1, 0.15) is 69.4 Å². The monoisotopic (exact) mass is 480 g/mol. The minimum atomic E-state index is -0.885. The molecule has 7 heteroatoms. The number of hydrogen-bond donors (Lipinski definition) is 2. The first-order valence-corrected chi connectivity index (χ1v) is 12.8. The van der Waals surface area contributed by atoms with E-state index in [2.05, 4.69) is 10.3 Å². The third-order valence-corrected chi connectivity index (χ3v) is 7.30. The number of carbonyl (C=O) groups excluding carboxylic acids is 1. The van der Waals surface area contributed by atoms with Crippen molar-refractivity contribution in [3.63, 3.8) is 0 Å². The molecule has 1 aromatic heterocycles. The number of amides is 1. The van der Waals surface area contributed by atoms with Gasteiger partial charge in [0.25, 0.3) is 0 Å². The van der Waals surface area contributed by atoms with Crippen LogP contribution in [-0.2, 0) is 20.9 Å². The molecule has 7 nitrogen and oxygen atoms in total. The molecular formula is C28H36N2O5. The summed E-state index contributed by atoms with van der Waals surface area (Å²) in [6.07, 6.45) is 9.45. The van der Waals surface area contributed by atoms with Crippen LogP contribution in [0, 0.1) is 18.8 Å². The minimum absolute atomic E-state index is 0.216. The van der Waals surface area contributed by atoms with E-state index in [1.165, 1.54) is 12.8 Å². The lowest BCUT2D eigenvalue weighted by molar-refractivity contribution is -0.147. The Hall–Kier alpha value is -2.93. The maximum absolute atomic E-state index is 13.1. The molecule has 1 amide bonds. The van der Waals surface area contributed by atoms with Crippen molar-refractivity contribution >= 4 is 17.6 Å². The van der Waals surface area contributed by atoms with Crippen molar-refractivity contribution in [1.29, 1.82) is 0 Å². The summed E-state index contributed by atoms with van der Waals surface area (Å²) in [5, 5.41) is 12.6. The molecule has 4 rings (SSSR count). The third kappa shape index (κ3) is 6.01. The summed E-state index contributed by atoms with van der Waals surface area (Å²) >= 11 is 0. The van der Waals surface area contributed by atoms with Crippen molar-refractivity contribution in [2.75, 3.05) is 11.9 Å². The summed E-state index contributed by atoms with van der Waals surface area (Å²) in [7, 11) is 0. The Morgan fingerprint density at radius 2 is 1.74 bits per heavy atom. The van der Waals surface area contributed by atoms with Gasteiger partial charge in [0.05, 0.1) is 31.2 Å². The summed E-state index contributed by atoms with van der Waals surface area (Å²) in [4.78, 5) is 29.1. The fourth-order valence-electron chi connectivity index (χ4n) is 5.38. The van der Waals surface area contributed by atoms with Gasteiger partial charge in [-0.25, -0.2) is 4.98 Å². The Labute approximate surface area is 207 Å². The molecule has 2 aliphatic rings. The second kappa shape index (κ2) is 11.7. The number of aromatic nitrogens is 1. The van der Waals surface area contributed by atoms with Crippen molar-refractivity contribution in [2.45, 2.75) is 77.9 Å². The van der Waals surface area contributed by atoms with E-state index in [1.807, 2.05) is 38.1 Å². The number of ether oxygens (including phenoxy) is 2. The predicted octanol–water partition coefficient (Wildman–Crippen LogP) is 5.74. The van der Waals surface area contributed by atoms with E-state index in [4.69, 9.17) is 9.47 Å². The van der Waals surface area contributed by atoms with Crippen LogP contribution in [0.15, 0.2) is 30.5 Å². The first-order chi connectivity index (χ1) is 17.0. The lowest BCUT2D eigenvalue weighted by Gasteiger charge is -2.27. The molecule has 2 saturated carbocycles. The number of aliphatic carboxylic acids is 1. The fraction of sp³-hybridized carbons (Fsp3) is 0.536. The highest BCUT2D eigenvalue weighted by atomic mass is 16.5. The molecule has 2 aromatic rings. The zero-order chi connectivity index (χ0) is 24.8. The summed E-state index contributed by atoms with van der Waals surface area (Å²) in [6, 6.07) is 7.81. The maximum Gasteiger partial charge on any atom is 0.307 e. The van der Waals surface area contributed by atoms with E-state index in [1.54, 1.807) is 6.20 Å². The van der Waals surface area contributed by atoms with Gasteiger partial charge in [-0.2, -0.15) is 0 Å². The van der Waals surface area contributed by atoms with Gasteiger partial charge in [0, 0.05) is 17.4 Å². The van der Waals surface area contributed by atoms with Crippen molar-refractivity contribution < 1.29 is 24.2 Å². The number of pyridine rings is 1. The van der Waals surface area contributed by atoms with Crippen molar-refractivity contribution in [1.82, 2.24) is 4.98 Å². The first-order valence-electron chi connectivity index (χ1n) is 12.8. The Kier molecular flexibility index (Phi) is 8.39. The van der Waals surface area contributed by atoms with E-state index in [0.717, 1.165) is 47.9 Å². The van der Waals surface area contributed by atoms with Crippen molar-refractivity contribution in [3.05, 3.63) is 41.6 Å². The highest BCUT2D eigenvalue weighted by Crippen LogP contribution is 2.35. The fourth-order valence-corrected chi connectivity index (χ4v) is 5.38. The molecule has 188 valence electrons. The molecule has 0 aliphatic heterocycles. The van der Waals surface area contributed by atoms with E-state index in [9.17, 15) is 14.7 Å². The number of nitrogens with zero attached hydrogens (tertiary/aromatic N) is 1. The van der Waals surface area contributed by atoms with Crippen LogP contribution >= 0.6 is 0 Å². The summed E-state index contributed by atoms with van der Waals surface area (Å²) in [5.74, 6) is -1.61. The quantitative estimate of drug-likeness (QED) is 0.475. The summed E-state index contributed by atoms with van der Waals surface area (Å²) < 4.78 is 12.0. The molecule has 1 heterocycles.